The van der Waals surface area contributed by atoms with Crippen LogP contribution in [-0.2, 0) is 9.59 Å². The Kier molecular flexibility index (Phi) is 7.97. The highest BCUT2D eigenvalue weighted by atomic mass is 16.2. The zero-order valence-electron chi connectivity index (χ0n) is 19.5. The van der Waals surface area contributed by atoms with Crippen LogP contribution < -0.4 is 10.6 Å². The number of nitrogens with zero attached hydrogens (tertiary/aromatic N) is 2. The van der Waals surface area contributed by atoms with Crippen LogP contribution in [0.2, 0.25) is 0 Å². The molecule has 5 nitrogen and oxygen atoms in total. The van der Waals surface area contributed by atoms with Gasteiger partial charge in [-0.3, -0.25) is 15.3 Å². The summed E-state index contributed by atoms with van der Waals surface area (Å²) in [5.41, 5.74) is 7.65. The second kappa shape index (κ2) is 10.7. The number of ketones is 1. The number of hydrogen-bond donors (Lipinski definition) is 1. The molecule has 1 amide bonds. The first kappa shape index (κ1) is 23.9. The molecule has 1 aliphatic heterocycles. The molecule has 0 saturated carbocycles. The van der Waals surface area contributed by atoms with E-state index in [2.05, 4.69) is 13.8 Å². The predicted octanol–water partition coefficient (Wildman–Crippen LogP) is 5.11. The molecular weight excluding hydrogens is 398 g/mol. The summed E-state index contributed by atoms with van der Waals surface area (Å²) in [5, 5.41) is 0. The summed E-state index contributed by atoms with van der Waals surface area (Å²) in [6, 6.07) is 17.2. The highest BCUT2D eigenvalue weighted by Gasteiger charge is 2.48. The molecular formula is C27H35N3O2. The molecule has 0 radical (unpaired) electrons. The van der Waals surface area contributed by atoms with Gasteiger partial charge in [0, 0.05) is 24.1 Å². The lowest BCUT2D eigenvalue weighted by molar-refractivity contribution is -0.136. The third kappa shape index (κ3) is 4.83. The van der Waals surface area contributed by atoms with Crippen LogP contribution in [0.4, 0.5) is 5.69 Å². The maximum Gasteiger partial charge on any atom is 0.277 e. The minimum Gasteiger partial charge on any atom is -0.311 e. The molecule has 2 aromatic carbocycles. The van der Waals surface area contributed by atoms with Gasteiger partial charge in [0.05, 0.1) is 11.4 Å². The number of carbonyl (C=O) groups excluding carboxylic acids is 2. The van der Waals surface area contributed by atoms with Crippen molar-refractivity contribution in [2.75, 3.05) is 11.9 Å². The summed E-state index contributed by atoms with van der Waals surface area (Å²) in [5.74, 6) is -1.02. The number of carbonyl (C=O) groups is 2. The number of likely N-dealkylation sites (N-methyl/N-ethyl adjacent to an activating group) is 1. The SMILES string of the molecule is CCCCCCC(CCC)C(=O)[C@]1(N)N=C(c2ccccc2)c2ccccc2N(C)C1=O. The zero-order chi connectivity index (χ0) is 23.1. The molecule has 1 heterocycles. The molecule has 0 fully saturated rings. The molecule has 0 aromatic heterocycles. The molecule has 32 heavy (non-hydrogen) atoms. The van der Waals surface area contributed by atoms with Gasteiger partial charge >= 0.3 is 0 Å². The highest BCUT2D eigenvalue weighted by molar-refractivity contribution is 6.25. The number of benzene rings is 2. The summed E-state index contributed by atoms with van der Waals surface area (Å²) in [6.45, 7) is 4.23. The molecule has 0 saturated heterocycles. The van der Waals surface area contributed by atoms with Crippen LogP contribution in [-0.4, -0.2) is 30.1 Å². The van der Waals surface area contributed by atoms with E-state index >= 15 is 0 Å². The number of nitrogens with two attached hydrogens (primary N) is 1. The Balaban J connectivity index is 2.08. The molecule has 0 spiro atoms. The van der Waals surface area contributed by atoms with Crippen molar-refractivity contribution in [2.45, 2.75) is 64.5 Å². The Morgan fingerprint density at radius 2 is 1.66 bits per heavy atom. The van der Waals surface area contributed by atoms with Gasteiger partial charge in [0.25, 0.3) is 5.91 Å². The van der Waals surface area contributed by atoms with E-state index in [1.54, 1.807) is 7.05 Å². The summed E-state index contributed by atoms with van der Waals surface area (Å²) >= 11 is 0. The van der Waals surface area contributed by atoms with Crippen molar-refractivity contribution in [3.8, 4) is 0 Å². The Morgan fingerprint density at radius 3 is 2.34 bits per heavy atom. The van der Waals surface area contributed by atoms with E-state index in [4.69, 9.17) is 10.7 Å². The van der Waals surface area contributed by atoms with E-state index in [0.29, 0.717) is 17.8 Å². The molecule has 1 unspecified atom stereocenters. The summed E-state index contributed by atoms with van der Waals surface area (Å²) < 4.78 is 0. The molecule has 170 valence electrons. The molecule has 2 atom stereocenters. The Hall–Kier alpha value is -2.79. The number of benzodiazepines with no additional fused rings is 1. The number of rotatable bonds is 10. The molecule has 1 aliphatic rings. The fourth-order valence-corrected chi connectivity index (χ4v) is 4.48. The first-order chi connectivity index (χ1) is 15.4. The monoisotopic (exact) mass is 433 g/mol. The van der Waals surface area contributed by atoms with Gasteiger partial charge in [-0.25, -0.2) is 4.99 Å². The van der Waals surface area contributed by atoms with Crippen molar-refractivity contribution in [1.29, 1.82) is 0 Å². The molecule has 0 bridgehead atoms. The van der Waals surface area contributed by atoms with Gasteiger partial charge in [0.15, 0.2) is 5.78 Å². The summed E-state index contributed by atoms with van der Waals surface area (Å²) in [4.78, 5) is 33.7. The molecule has 2 aromatic rings. The zero-order valence-corrected chi connectivity index (χ0v) is 19.5. The van der Waals surface area contributed by atoms with Crippen LogP contribution in [0.5, 0.6) is 0 Å². The van der Waals surface area contributed by atoms with E-state index in [9.17, 15) is 9.59 Å². The maximum absolute atomic E-state index is 13.8. The van der Waals surface area contributed by atoms with Crippen LogP contribution in [0.15, 0.2) is 59.6 Å². The van der Waals surface area contributed by atoms with Crippen molar-refractivity contribution >= 4 is 23.1 Å². The van der Waals surface area contributed by atoms with Crippen molar-refractivity contribution < 1.29 is 9.59 Å². The number of Topliss-reactive ketones (excluding diaryl/α,β-unsaturated/α-hetero) is 1. The molecule has 5 heteroatoms. The number of para-hydroxylation sites is 1. The van der Waals surface area contributed by atoms with Crippen LogP contribution in [0, 0.1) is 5.92 Å². The van der Waals surface area contributed by atoms with Crippen molar-refractivity contribution in [3.05, 3.63) is 65.7 Å². The number of fused-ring (bicyclic) bond motifs is 1. The van der Waals surface area contributed by atoms with Gasteiger partial charge in [-0.15, -0.1) is 0 Å². The van der Waals surface area contributed by atoms with E-state index < -0.39 is 11.6 Å². The van der Waals surface area contributed by atoms with E-state index in [1.165, 1.54) is 4.90 Å². The van der Waals surface area contributed by atoms with E-state index in [-0.39, 0.29) is 11.7 Å². The largest absolute Gasteiger partial charge is 0.311 e. The Bertz CT molecular complexity index is 970. The van der Waals surface area contributed by atoms with E-state index in [1.807, 2.05) is 54.6 Å². The third-order valence-electron chi connectivity index (χ3n) is 6.28. The van der Waals surface area contributed by atoms with Gasteiger partial charge in [-0.2, -0.15) is 0 Å². The van der Waals surface area contributed by atoms with Gasteiger partial charge in [-0.05, 0) is 18.9 Å². The van der Waals surface area contributed by atoms with Crippen LogP contribution >= 0.6 is 0 Å². The Morgan fingerprint density at radius 1 is 0.969 bits per heavy atom. The first-order valence-electron chi connectivity index (χ1n) is 11.8. The lowest BCUT2D eigenvalue weighted by atomic mass is 9.85. The van der Waals surface area contributed by atoms with Crippen molar-refractivity contribution in [3.63, 3.8) is 0 Å². The van der Waals surface area contributed by atoms with Crippen LogP contribution in [0.25, 0.3) is 0 Å². The fourth-order valence-electron chi connectivity index (χ4n) is 4.48. The second-order valence-electron chi connectivity index (χ2n) is 8.67. The number of unbranched alkanes of at least 4 members (excludes halogenated alkanes) is 3. The van der Waals surface area contributed by atoms with Gasteiger partial charge in [0.2, 0.25) is 5.66 Å². The number of anilines is 1. The van der Waals surface area contributed by atoms with Crippen molar-refractivity contribution in [2.24, 2.45) is 16.6 Å². The van der Waals surface area contributed by atoms with Crippen LogP contribution in [0.1, 0.15) is 69.9 Å². The minimum atomic E-state index is -1.94. The maximum atomic E-state index is 13.8. The minimum absolute atomic E-state index is 0.270. The fraction of sp³-hybridized carbons (Fsp3) is 0.444. The lowest BCUT2D eigenvalue weighted by Gasteiger charge is -2.29. The number of hydrogen-bond acceptors (Lipinski definition) is 4. The lowest BCUT2D eigenvalue weighted by Crippen LogP contribution is -2.60. The summed E-state index contributed by atoms with van der Waals surface area (Å²) in [7, 11) is 1.68. The number of amides is 1. The average Bonchev–Trinajstić information content (AvgIpc) is 2.91. The highest BCUT2D eigenvalue weighted by Crippen LogP contribution is 2.32. The average molecular weight is 434 g/mol. The molecule has 3 rings (SSSR count). The van der Waals surface area contributed by atoms with Crippen LogP contribution in [0.3, 0.4) is 0 Å². The Labute approximate surface area is 191 Å². The molecule has 0 aliphatic carbocycles. The van der Waals surface area contributed by atoms with Gasteiger partial charge < -0.3 is 4.90 Å². The van der Waals surface area contributed by atoms with Gasteiger partial charge in [0.1, 0.15) is 0 Å². The first-order valence-corrected chi connectivity index (χ1v) is 11.8. The normalized spacial score (nSPS) is 19.2. The van der Waals surface area contributed by atoms with Gasteiger partial charge in [-0.1, -0.05) is 94.5 Å². The quantitative estimate of drug-likeness (QED) is 0.418. The standard InChI is InChI=1S/C27H35N3O2/c1-4-6-7-9-17-21(14-5-2)25(31)27(28)26(32)30(3)23-19-13-12-18-22(23)24(29-27)20-15-10-8-11-16-20/h8,10-13,15-16,18-19,21H,4-7,9,14,17,28H2,1-3H3/t21?,27-/m0/s1. The number of aliphatic imine (C=N–C) groups is 1. The third-order valence-corrected chi connectivity index (χ3v) is 6.28. The predicted molar refractivity (Wildman–Crippen MR) is 131 cm³/mol. The van der Waals surface area contributed by atoms with E-state index in [0.717, 1.165) is 49.7 Å². The van der Waals surface area contributed by atoms with Crippen molar-refractivity contribution in [1.82, 2.24) is 0 Å². The topological polar surface area (TPSA) is 75.8 Å². The summed E-state index contributed by atoms with van der Waals surface area (Å²) in [6.07, 6.45) is 6.64. The molecule has 2 N–H and O–H groups in total. The smallest absolute Gasteiger partial charge is 0.277 e. The second-order valence-corrected chi connectivity index (χ2v) is 8.67.